The molecule has 2 aromatic rings. The molecule has 0 radical (unpaired) electrons. The molecule has 2 unspecified atom stereocenters. The highest BCUT2D eigenvalue weighted by Gasteiger charge is 2.17. The average Bonchev–Trinajstić information content (AvgIpc) is 2.80. The number of aliphatic imine (C=N–C) groups is 1. The van der Waals surface area contributed by atoms with Crippen molar-refractivity contribution in [2.24, 2.45) is 10.9 Å². The molecule has 7 heteroatoms. The van der Waals surface area contributed by atoms with Crippen molar-refractivity contribution in [3.05, 3.63) is 59.8 Å². The lowest BCUT2D eigenvalue weighted by Gasteiger charge is -2.32. The van der Waals surface area contributed by atoms with Gasteiger partial charge in [-0.05, 0) is 30.0 Å². The molecule has 1 saturated heterocycles. The van der Waals surface area contributed by atoms with E-state index in [0.717, 1.165) is 43.6 Å². The van der Waals surface area contributed by atoms with Crippen LogP contribution < -0.4 is 15.5 Å². The van der Waals surface area contributed by atoms with E-state index >= 15 is 0 Å². The van der Waals surface area contributed by atoms with Crippen molar-refractivity contribution in [1.29, 1.82) is 0 Å². The summed E-state index contributed by atoms with van der Waals surface area (Å²) in [4.78, 5) is 11.2. The smallest absolute Gasteiger partial charge is 0.191 e. The normalized spacial score (nSPS) is 18.0. The molecule has 2 atom stereocenters. The van der Waals surface area contributed by atoms with Gasteiger partial charge in [-0.3, -0.25) is 4.99 Å². The molecule has 1 aliphatic heterocycles. The number of hydrogen-bond acceptors (Lipinski definition) is 5. The standard InChI is InChI=1S/C24H35N5O2/c1-19(17-30-18-21-7-5-4-6-8-21)13-27-24(25-3)28-15-22-9-10-23(26-14-22)29-11-12-31-20(2)16-29/h4-10,14,19-20H,11-13,15-18H2,1-3H3,(H2,25,27,28). The van der Waals surface area contributed by atoms with Crippen LogP contribution in [0.2, 0.25) is 0 Å². The SMILES string of the molecule is CN=C(NCc1ccc(N2CCOC(C)C2)nc1)NCC(C)COCc1ccccc1. The van der Waals surface area contributed by atoms with E-state index in [1.807, 2.05) is 24.4 Å². The van der Waals surface area contributed by atoms with Crippen LogP contribution in [0.3, 0.4) is 0 Å². The van der Waals surface area contributed by atoms with Gasteiger partial charge in [0.05, 0.1) is 25.9 Å². The summed E-state index contributed by atoms with van der Waals surface area (Å²) in [6.07, 6.45) is 2.17. The van der Waals surface area contributed by atoms with E-state index < -0.39 is 0 Å². The monoisotopic (exact) mass is 425 g/mol. The Kier molecular flexibility index (Phi) is 9.12. The minimum Gasteiger partial charge on any atom is -0.376 e. The van der Waals surface area contributed by atoms with E-state index in [1.165, 1.54) is 5.56 Å². The number of rotatable bonds is 9. The molecule has 7 nitrogen and oxygen atoms in total. The molecule has 168 valence electrons. The third kappa shape index (κ3) is 7.84. The summed E-state index contributed by atoms with van der Waals surface area (Å²) in [7, 11) is 1.78. The Morgan fingerprint density at radius 3 is 2.77 bits per heavy atom. The number of nitrogens with one attached hydrogen (secondary N) is 2. The van der Waals surface area contributed by atoms with Gasteiger partial charge in [-0.2, -0.15) is 0 Å². The molecule has 0 amide bonds. The Bertz CT molecular complexity index is 797. The lowest BCUT2D eigenvalue weighted by Crippen LogP contribution is -2.41. The molecule has 0 bridgehead atoms. The van der Waals surface area contributed by atoms with Crippen molar-refractivity contribution in [3.8, 4) is 0 Å². The van der Waals surface area contributed by atoms with Gasteiger partial charge >= 0.3 is 0 Å². The van der Waals surface area contributed by atoms with Crippen LogP contribution in [-0.2, 0) is 22.6 Å². The van der Waals surface area contributed by atoms with E-state index in [-0.39, 0.29) is 6.10 Å². The number of nitrogens with zero attached hydrogens (tertiary/aromatic N) is 3. The van der Waals surface area contributed by atoms with Crippen LogP contribution in [0.1, 0.15) is 25.0 Å². The first-order valence-corrected chi connectivity index (χ1v) is 11.0. The van der Waals surface area contributed by atoms with Crippen molar-refractivity contribution < 1.29 is 9.47 Å². The van der Waals surface area contributed by atoms with Crippen molar-refractivity contribution in [2.45, 2.75) is 33.1 Å². The van der Waals surface area contributed by atoms with Crippen molar-refractivity contribution in [1.82, 2.24) is 15.6 Å². The van der Waals surface area contributed by atoms with E-state index in [0.29, 0.717) is 25.7 Å². The van der Waals surface area contributed by atoms with Gasteiger partial charge in [0.2, 0.25) is 0 Å². The first-order valence-electron chi connectivity index (χ1n) is 11.0. The first kappa shape index (κ1) is 23.0. The molecule has 1 aromatic heterocycles. The summed E-state index contributed by atoms with van der Waals surface area (Å²) in [5.74, 6) is 2.16. The fraction of sp³-hybridized carbons (Fsp3) is 0.500. The van der Waals surface area contributed by atoms with Gasteiger partial charge in [-0.1, -0.05) is 43.3 Å². The lowest BCUT2D eigenvalue weighted by molar-refractivity contribution is 0.0529. The van der Waals surface area contributed by atoms with Crippen LogP contribution in [-0.4, -0.2) is 56.9 Å². The number of benzene rings is 1. The van der Waals surface area contributed by atoms with Gasteiger partial charge in [-0.15, -0.1) is 0 Å². The van der Waals surface area contributed by atoms with Crippen LogP contribution in [0.5, 0.6) is 0 Å². The summed E-state index contributed by atoms with van der Waals surface area (Å²) >= 11 is 0. The third-order valence-corrected chi connectivity index (χ3v) is 5.19. The number of aromatic nitrogens is 1. The number of morpholine rings is 1. The molecule has 1 aromatic carbocycles. The Morgan fingerprint density at radius 2 is 2.06 bits per heavy atom. The maximum atomic E-state index is 5.82. The summed E-state index contributed by atoms with van der Waals surface area (Å²) in [6, 6.07) is 14.4. The molecule has 0 spiro atoms. The summed E-state index contributed by atoms with van der Waals surface area (Å²) in [5, 5.41) is 6.73. The second-order valence-corrected chi connectivity index (χ2v) is 8.06. The lowest BCUT2D eigenvalue weighted by atomic mass is 10.2. The summed E-state index contributed by atoms with van der Waals surface area (Å²) in [6.45, 7) is 9.60. The maximum absolute atomic E-state index is 5.82. The summed E-state index contributed by atoms with van der Waals surface area (Å²) in [5.41, 5.74) is 2.31. The predicted molar refractivity (Wildman–Crippen MR) is 125 cm³/mol. The van der Waals surface area contributed by atoms with Crippen LogP contribution in [0, 0.1) is 5.92 Å². The highest BCUT2D eigenvalue weighted by molar-refractivity contribution is 5.79. The first-order chi connectivity index (χ1) is 15.1. The Labute approximate surface area is 185 Å². The maximum Gasteiger partial charge on any atom is 0.191 e. The fourth-order valence-electron chi connectivity index (χ4n) is 3.42. The molecular formula is C24H35N5O2. The van der Waals surface area contributed by atoms with Gasteiger partial charge < -0.3 is 25.0 Å². The number of pyridine rings is 1. The van der Waals surface area contributed by atoms with Crippen LogP contribution in [0.4, 0.5) is 5.82 Å². The fourth-order valence-corrected chi connectivity index (χ4v) is 3.42. The van der Waals surface area contributed by atoms with Crippen molar-refractivity contribution >= 4 is 11.8 Å². The Morgan fingerprint density at radius 1 is 1.23 bits per heavy atom. The molecule has 1 fully saturated rings. The van der Waals surface area contributed by atoms with Gasteiger partial charge in [0.15, 0.2) is 5.96 Å². The van der Waals surface area contributed by atoms with Crippen LogP contribution >= 0.6 is 0 Å². The summed E-state index contributed by atoms with van der Waals surface area (Å²) < 4.78 is 11.4. The van der Waals surface area contributed by atoms with E-state index in [2.05, 4.69) is 63.6 Å². The second kappa shape index (κ2) is 12.3. The average molecular weight is 426 g/mol. The van der Waals surface area contributed by atoms with E-state index in [1.54, 1.807) is 7.05 Å². The van der Waals surface area contributed by atoms with Gasteiger partial charge in [0.1, 0.15) is 5.82 Å². The zero-order valence-corrected chi connectivity index (χ0v) is 18.9. The van der Waals surface area contributed by atoms with Crippen LogP contribution in [0.25, 0.3) is 0 Å². The molecule has 0 aliphatic carbocycles. The van der Waals surface area contributed by atoms with Gasteiger partial charge in [0, 0.05) is 39.4 Å². The molecule has 2 N–H and O–H groups in total. The molecule has 1 aliphatic rings. The number of hydrogen-bond donors (Lipinski definition) is 2. The van der Waals surface area contributed by atoms with Gasteiger partial charge in [0.25, 0.3) is 0 Å². The van der Waals surface area contributed by atoms with E-state index in [4.69, 9.17) is 9.47 Å². The molecule has 0 saturated carbocycles. The molecular weight excluding hydrogens is 390 g/mol. The van der Waals surface area contributed by atoms with Crippen molar-refractivity contribution in [2.75, 3.05) is 44.8 Å². The third-order valence-electron chi connectivity index (χ3n) is 5.19. The zero-order chi connectivity index (χ0) is 21.9. The predicted octanol–water partition coefficient (Wildman–Crippen LogP) is 2.82. The van der Waals surface area contributed by atoms with Gasteiger partial charge in [-0.25, -0.2) is 4.98 Å². The van der Waals surface area contributed by atoms with Crippen molar-refractivity contribution in [3.63, 3.8) is 0 Å². The number of ether oxygens (including phenoxy) is 2. The molecule has 2 heterocycles. The second-order valence-electron chi connectivity index (χ2n) is 8.06. The topological polar surface area (TPSA) is 71.0 Å². The Balaban J connectivity index is 1.36. The number of guanidine groups is 1. The minimum atomic E-state index is 0.248. The highest BCUT2D eigenvalue weighted by Crippen LogP contribution is 2.15. The highest BCUT2D eigenvalue weighted by atomic mass is 16.5. The quantitative estimate of drug-likeness (QED) is 0.476. The van der Waals surface area contributed by atoms with Crippen LogP contribution in [0.15, 0.2) is 53.7 Å². The molecule has 3 rings (SSSR count). The Hall–Kier alpha value is -2.64. The number of anilines is 1. The largest absolute Gasteiger partial charge is 0.376 e. The minimum absolute atomic E-state index is 0.248. The zero-order valence-electron chi connectivity index (χ0n) is 18.9. The molecule has 31 heavy (non-hydrogen) atoms. The van der Waals surface area contributed by atoms with E-state index in [9.17, 15) is 0 Å².